The predicted octanol–water partition coefficient (Wildman–Crippen LogP) is 3.21. The summed E-state index contributed by atoms with van der Waals surface area (Å²) in [7, 11) is 1.97. The quantitative estimate of drug-likeness (QED) is 0.799. The van der Waals surface area contributed by atoms with Gasteiger partial charge in [-0.15, -0.1) is 11.3 Å². The van der Waals surface area contributed by atoms with Crippen LogP contribution in [0, 0.1) is 0 Å². The van der Waals surface area contributed by atoms with Gasteiger partial charge in [-0.25, -0.2) is 4.98 Å². The van der Waals surface area contributed by atoms with Crippen molar-refractivity contribution in [3.8, 4) is 0 Å². The fourth-order valence-electron chi connectivity index (χ4n) is 2.08. The Morgan fingerprint density at radius 3 is 2.90 bits per heavy atom. The molecule has 0 bridgehead atoms. The molecular weight excluding hydrogens is 282 g/mol. The van der Waals surface area contributed by atoms with Gasteiger partial charge in [-0.05, 0) is 32.5 Å². The van der Waals surface area contributed by atoms with E-state index in [2.05, 4.69) is 30.2 Å². The molecule has 4 nitrogen and oxygen atoms in total. The van der Waals surface area contributed by atoms with E-state index in [1.54, 1.807) is 11.3 Å². The van der Waals surface area contributed by atoms with E-state index in [-0.39, 0.29) is 11.9 Å². The summed E-state index contributed by atoms with van der Waals surface area (Å²) in [6.45, 7) is 5.38. The van der Waals surface area contributed by atoms with Gasteiger partial charge in [0, 0.05) is 6.54 Å². The molecule has 0 aliphatic rings. The van der Waals surface area contributed by atoms with Crippen LogP contribution in [0.15, 0.2) is 24.3 Å². The third-order valence-electron chi connectivity index (χ3n) is 3.57. The number of carbonyl (C=O) groups excluding carboxylic acids is 1. The molecule has 0 saturated carbocycles. The summed E-state index contributed by atoms with van der Waals surface area (Å²) in [6.07, 6.45) is 2.13. The number of nitrogens with one attached hydrogen (secondary N) is 1. The number of carbonyl (C=O) groups is 1. The number of hydrogen-bond acceptors (Lipinski definition) is 4. The van der Waals surface area contributed by atoms with Crippen LogP contribution in [0.1, 0.15) is 37.7 Å². The van der Waals surface area contributed by atoms with Gasteiger partial charge in [0.05, 0.1) is 22.8 Å². The fourth-order valence-corrected chi connectivity index (χ4v) is 3.17. The molecule has 0 aliphatic carbocycles. The molecule has 5 heteroatoms. The Morgan fingerprint density at radius 2 is 2.19 bits per heavy atom. The molecule has 21 heavy (non-hydrogen) atoms. The maximum atomic E-state index is 11.9. The van der Waals surface area contributed by atoms with Gasteiger partial charge in [-0.3, -0.25) is 9.69 Å². The van der Waals surface area contributed by atoms with Crippen molar-refractivity contribution in [3.05, 3.63) is 29.3 Å². The van der Waals surface area contributed by atoms with Crippen LogP contribution in [0.25, 0.3) is 10.2 Å². The van der Waals surface area contributed by atoms with Crippen molar-refractivity contribution in [2.75, 3.05) is 20.1 Å². The second kappa shape index (κ2) is 7.52. The highest BCUT2D eigenvalue weighted by Crippen LogP contribution is 2.28. The lowest BCUT2D eigenvalue weighted by molar-refractivity contribution is -0.122. The summed E-state index contributed by atoms with van der Waals surface area (Å²) >= 11 is 1.70. The van der Waals surface area contributed by atoms with E-state index in [0.29, 0.717) is 6.54 Å². The summed E-state index contributed by atoms with van der Waals surface area (Å²) < 4.78 is 1.19. The number of likely N-dealkylation sites (N-methyl/N-ethyl adjacent to an activating group) is 1. The molecule has 0 saturated heterocycles. The van der Waals surface area contributed by atoms with Gasteiger partial charge in [0.2, 0.25) is 5.91 Å². The van der Waals surface area contributed by atoms with E-state index < -0.39 is 0 Å². The molecule has 2 rings (SSSR count). The molecule has 1 aromatic carbocycles. The molecule has 0 radical (unpaired) electrons. The van der Waals surface area contributed by atoms with Crippen molar-refractivity contribution in [2.24, 2.45) is 0 Å². The first kappa shape index (κ1) is 15.9. The molecule has 0 fully saturated rings. The fraction of sp³-hybridized carbons (Fsp3) is 0.500. The molecule has 1 heterocycles. The van der Waals surface area contributed by atoms with Crippen molar-refractivity contribution in [1.82, 2.24) is 15.2 Å². The monoisotopic (exact) mass is 305 g/mol. The molecule has 1 aromatic heterocycles. The normalized spacial score (nSPS) is 12.8. The number of thiazole rings is 1. The highest BCUT2D eigenvalue weighted by molar-refractivity contribution is 7.18. The van der Waals surface area contributed by atoms with Crippen LogP contribution in [-0.2, 0) is 4.79 Å². The van der Waals surface area contributed by atoms with Crippen molar-refractivity contribution in [1.29, 1.82) is 0 Å². The number of benzene rings is 1. The van der Waals surface area contributed by atoms with Gasteiger partial charge in [0.25, 0.3) is 0 Å². The number of aromatic nitrogens is 1. The zero-order valence-electron chi connectivity index (χ0n) is 12.9. The predicted molar refractivity (Wildman–Crippen MR) is 88.6 cm³/mol. The number of rotatable bonds is 7. The van der Waals surface area contributed by atoms with Crippen LogP contribution in [0.4, 0.5) is 0 Å². The second-order valence-corrected chi connectivity index (χ2v) is 6.38. The highest BCUT2D eigenvalue weighted by Gasteiger charge is 2.18. The minimum Gasteiger partial charge on any atom is -0.355 e. The maximum absolute atomic E-state index is 11.9. The van der Waals surface area contributed by atoms with Crippen molar-refractivity contribution < 1.29 is 4.79 Å². The number of fused-ring (bicyclic) bond motifs is 1. The zero-order valence-corrected chi connectivity index (χ0v) is 13.7. The third kappa shape index (κ3) is 4.25. The van der Waals surface area contributed by atoms with Crippen LogP contribution in [0.3, 0.4) is 0 Å². The highest BCUT2D eigenvalue weighted by atomic mass is 32.1. The number of amides is 1. The summed E-state index contributed by atoms with van der Waals surface area (Å²) in [5.74, 6) is 0.0823. The maximum Gasteiger partial charge on any atom is 0.234 e. The average molecular weight is 305 g/mol. The van der Waals surface area contributed by atoms with Gasteiger partial charge in [0.15, 0.2) is 0 Å². The van der Waals surface area contributed by atoms with E-state index in [9.17, 15) is 4.79 Å². The van der Waals surface area contributed by atoms with Crippen molar-refractivity contribution >= 4 is 27.5 Å². The number of hydrogen-bond donors (Lipinski definition) is 1. The Labute approximate surface area is 130 Å². The minimum atomic E-state index is 0.0823. The summed E-state index contributed by atoms with van der Waals surface area (Å²) in [5.41, 5.74) is 1.03. The third-order valence-corrected chi connectivity index (χ3v) is 4.78. The number of nitrogens with zero attached hydrogens (tertiary/aromatic N) is 2. The largest absolute Gasteiger partial charge is 0.355 e. The summed E-state index contributed by atoms with van der Waals surface area (Å²) in [5, 5.41) is 4.01. The number of unbranched alkanes of at least 4 members (excludes halogenated alkanes) is 1. The van der Waals surface area contributed by atoms with Gasteiger partial charge in [0.1, 0.15) is 5.01 Å². The summed E-state index contributed by atoms with van der Waals surface area (Å²) in [4.78, 5) is 18.6. The first-order valence-corrected chi connectivity index (χ1v) is 8.26. The van der Waals surface area contributed by atoms with Crippen LogP contribution >= 0.6 is 11.3 Å². The second-order valence-electron chi connectivity index (χ2n) is 5.31. The molecule has 1 amide bonds. The lowest BCUT2D eigenvalue weighted by Crippen LogP contribution is -2.36. The Hall–Kier alpha value is -1.46. The Morgan fingerprint density at radius 1 is 1.43 bits per heavy atom. The Kier molecular flexibility index (Phi) is 5.70. The first-order valence-electron chi connectivity index (χ1n) is 7.44. The first-order chi connectivity index (χ1) is 10.1. The van der Waals surface area contributed by atoms with E-state index in [0.717, 1.165) is 29.9 Å². The molecular formula is C16H23N3OS. The smallest absolute Gasteiger partial charge is 0.234 e. The van der Waals surface area contributed by atoms with E-state index in [4.69, 9.17) is 0 Å². The summed E-state index contributed by atoms with van der Waals surface area (Å²) in [6, 6.07) is 8.28. The molecule has 1 atom stereocenters. The van der Waals surface area contributed by atoms with Crippen LogP contribution in [0.5, 0.6) is 0 Å². The van der Waals surface area contributed by atoms with Crippen LogP contribution in [0.2, 0.25) is 0 Å². The van der Waals surface area contributed by atoms with E-state index in [1.165, 1.54) is 4.70 Å². The lowest BCUT2D eigenvalue weighted by atomic mass is 10.3. The lowest BCUT2D eigenvalue weighted by Gasteiger charge is -2.22. The number of para-hydroxylation sites is 1. The topological polar surface area (TPSA) is 45.2 Å². The minimum absolute atomic E-state index is 0.0823. The molecule has 1 N–H and O–H groups in total. The van der Waals surface area contributed by atoms with E-state index in [1.807, 2.05) is 30.1 Å². The van der Waals surface area contributed by atoms with Gasteiger partial charge >= 0.3 is 0 Å². The van der Waals surface area contributed by atoms with Crippen LogP contribution in [-0.4, -0.2) is 35.9 Å². The molecule has 0 unspecified atom stereocenters. The molecule has 0 aliphatic heterocycles. The average Bonchev–Trinajstić information content (AvgIpc) is 2.90. The van der Waals surface area contributed by atoms with Gasteiger partial charge < -0.3 is 5.32 Å². The van der Waals surface area contributed by atoms with Crippen molar-refractivity contribution in [3.63, 3.8) is 0 Å². The molecule has 2 aromatic rings. The molecule has 0 spiro atoms. The molecule has 114 valence electrons. The Balaban J connectivity index is 1.95. The Bertz CT molecular complexity index is 563. The zero-order chi connectivity index (χ0) is 15.2. The van der Waals surface area contributed by atoms with E-state index >= 15 is 0 Å². The van der Waals surface area contributed by atoms with Crippen LogP contribution < -0.4 is 5.32 Å². The SMILES string of the molecule is CCCCNC(=O)CN(C)[C@H](C)c1nc2ccccc2s1. The van der Waals surface area contributed by atoms with Gasteiger partial charge in [-0.1, -0.05) is 25.5 Å². The van der Waals surface area contributed by atoms with Crippen molar-refractivity contribution in [2.45, 2.75) is 32.7 Å². The standard InChI is InChI=1S/C16H23N3OS/c1-4-5-10-17-15(20)11-19(3)12(2)16-18-13-8-6-7-9-14(13)21-16/h6-9,12H,4-5,10-11H2,1-3H3,(H,17,20)/t12-/m1/s1. The van der Waals surface area contributed by atoms with Gasteiger partial charge in [-0.2, -0.15) is 0 Å².